The van der Waals surface area contributed by atoms with E-state index in [1.54, 1.807) is 0 Å². The average Bonchev–Trinajstić information content (AvgIpc) is 2.14. The van der Waals surface area contributed by atoms with Crippen LogP contribution < -0.4 is 5.32 Å². The molecule has 2 heteroatoms. The summed E-state index contributed by atoms with van der Waals surface area (Å²) in [5.74, 6) is 0.818. The van der Waals surface area contributed by atoms with E-state index >= 15 is 0 Å². The van der Waals surface area contributed by atoms with Crippen LogP contribution in [0.15, 0.2) is 0 Å². The summed E-state index contributed by atoms with van der Waals surface area (Å²) in [7, 11) is 2.22. The lowest BCUT2D eigenvalue weighted by molar-refractivity contribution is 0.257. The molecule has 86 valence electrons. The molecule has 0 aromatic heterocycles. The van der Waals surface area contributed by atoms with Crippen LogP contribution in [-0.4, -0.2) is 37.6 Å². The van der Waals surface area contributed by atoms with Gasteiger partial charge in [0.1, 0.15) is 0 Å². The fraction of sp³-hybridized carbons (Fsp3) is 1.00. The van der Waals surface area contributed by atoms with Gasteiger partial charge in [0.05, 0.1) is 0 Å². The van der Waals surface area contributed by atoms with E-state index in [2.05, 4.69) is 45.0 Å². The smallest absolute Gasteiger partial charge is 0.0166 e. The van der Waals surface area contributed by atoms with E-state index in [1.165, 1.54) is 19.4 Å². The summed E-state index contributed by atoms with van der Waals surface area (Å²) >= 11 is 0. The zero-order chi connectivity index (χ0) is 11.0. The summed E-state index contributed by atoms with van der Waals surface area (Å²) < 4.78 is 0. The summed E-state index contributed by atoms with van der Waals surface area (Å²) in [4.78, 5) is 2.43. The molecule has 2 unspecified atom stereocenters. The second-order valence-electron chi connectivity index (χ2n) is 4.59. The standard InChI is InChI=1S/C12H28N2/c1-6-8-13-12(4)10-14(5)9-11(3)7-2/h11-13H,6-10H2,1-5H3. The van der Waals surface area contributed by atoms with Gasteiger partial charge in [-0.1, -0.05) is 27.2 Å². The first-order chi connectivity index (χ1) is 6.60. The van der Waals surface area contributed by atoms with Crippen LogP contribution in [-0.2, 0) is 0 Å². The van der Waals surface area contributed by atoms with Gasteiger partial charge in [-0.2, -0.15) is 0 Å². The Labute approximate surface area is 90.1 Å². The molecule has 0 rings (SSSR count). The molecule has 0 spiro atoms. The first-order valence-corrected chi connectivity index (χ1v) is 6.02. The van der Waals surface area contributed by atoms with Crippen LogP contribution in [0, 0.1) is 5.92 Å². The highest BCUT2D eigenvalue weighted by molar-refractivity contribution is 4.66. The molecular weight excluding hydrogens is 172 g/mol. The van der Waals surface area contributed by atoms with Crippen molar-refractivity contribution in [2.45, 2.75) is 46.6 Å². The lowest BCUT2D eigenvalue weighted by Crippen LogP contribution is -2.39. The van der Waals surface area contributed by atoms with Gasteiger partial charge in [0.2, 0.25) is 0 Å². The number of rotatable bonds is 8. The second kappa shape index (κ2) is 8.25. The van der Waals surface area contributed by atoms with Gasteiger partial charge in [-0.25, -0.2) is 0 Å². The third-order valence-electron chi connectivity index (χ3n) is 2.65. The van der Waals surface area contributed by atoms with Crippen molar-refractivity contribution >= 4 is 0 Å². The lowest BCUT2D eigenvalue weighted by Gasteiger charge is -2.24. The Morgan fingerprint density at radius 2 is 1.79 bits per heavy atom. The molecule has 14 heavy (non-hydrogen) atoms. The van der Waals surface area contributed by atoms with E-state index in [1.807, 2.05) is 0 Å². The van der Waals surface area contributed by atoms with Gasteiger partial charge < -0.3 is 10.2 Å². The molecule has 0 heterocycles. The van der Waals surface area contributed by atoms with Crippen molar-refractivity contribution in [1.82, 2.24) is 10.2 Å². The molecule has 0 radical (unpaired) electrons. The molecule has 2 nitrogen and oxygen atoms in total. The minimum Gasteiger partial charge on any atom is -0.313 e. The highest BCUT2D eigenvalue weighted by Gasteiger charge is 2.07. The molecule has 0 saturated carbocycles. The first kappa shape index (κ1) is 13.9. The summed E-state index contributed by atoms with van der Waals surface area (Å²) in [5, 5.41) is 3.51. The van der Waals surface area contributed by atoms with Crippen LogP contribution in [0.1, 0.15) is 40.5 Å². The molecule has 0 aliphatic heterocycles. The number of hydrogen-bond acceptors (Lipinski definition) is 2. The predicted molar refractivity (Wildman–Crippen MR) is 64.7 cm³/mol. The van der Waals surface area contributed by atoms with Crippen LogP contribution in [0.3, 0.4) is 0 Å². The van der Waals surface area contributed by atoms with Crippen LogP contribution in [0.4, 0.5) is 0 Å². The number of likely N-dealkylation sites (N-methyl/N-ethyl adjacent to an activating group) is 1. The summed E-state index contributed by atoms with van der Waals surface area (Å²) in [6.07, 6.45) is 2.50. The van der Waals surface area contributed by atoms with E-state index in [9.17, 15) is 0 Å². The summed E-state index contributed by atoms with van der Waals surface area (Å²) in [6.45, 7) is 12.6. The number of hydrogen-bond donors (Lipinski definition) is 1. The van der Waals surface area contributed by atoms with Crippen LogP contribution >= 0.6 is 0 Å². The Morgan fingerprint density at radius 3 is 2.29 bits per heavy atom. The molecule has 0 aliphatic carbocycles. The third kappa shape index (κ3) is 7.34. The Kier molecular flexibility index (Phi) is 8.20. The maximum atomic E-state index is 3.51. The Hall–Kier alpha value is -0.0800. The quantitative estimate of drug-likeness (QED) is 0.647. The van der Waals surface area contributed by atoms with Crippen LogP contribution in [0.5, 0.6) is 0 Å². The highest BCUT2D eigenvalue weighted by Crippen LogP contribution is 2.02. The van der Waals surface area contributed by atoms with Gasteiger partial charge in [0.15, 0.2) is 0 Å². The fourth-order valence-corrected chi connectivity index (χ4v) is 1.66. The molecule has 0 saturated heterocycles. The maximum absolute atomic E-state index is 3.51. The molecule has 2 atom stereocenters. The van der Waals surface area contributed by atoms with Gasteiger partial charge in [-0.05, 0) is 32.9 Å². The number of nitrogens with one attached hydrogen (secondary N) is 1. The van der Waals surface area contributed by atoms with Gasteiger partial charge in [0.25, 0.3) is 0 Å². The topological polar surface area (TPSA) is 15.3 Å². The van der Waals surface area contributed by atoms with Crippen molar-refractivity contribution < 1.29 is 0 Å². The summed E-state index contributed by atoms with van der Waals surface area (Å²) in [5.41, 5.74) is 0. The predicted octanol–water partition coefficient (Wildman–Crippen LogP) is 2.35. The van der Waals surface area contributed by atoms with Gasteiger partial charge in [-0.15, -0.1) is 0 Å². The molecule has 0 aromatic carbocycles. The molecule has 0 amide bonds. The average molecular weight is 200 g/mol. The van der Waals surface area contributed by atoms with Crippen molar-refractivity contribution in [3.8, 4) is 0 Å². The largest absolute Gasteiger partial charge is 0.313 e. The zero-order valence-corrected chi connectivity index (χ0v) is 10.6. The zero-order valence-electron chi connectivity index (χ0n) is 10.6. The lowest BCUT2D eigenvalue weighted by atomic mass is 10.1. The van der Waals surface area contributed by atoms with Crippen molar-refractivity contribution in [2.24, 2.45) is 5.92 Å². The van der Waals surface area contributed by atoms with Crippen LogP contribution in [0.25, 0.3) is 0 Å². The van der Waals surface area contributed by atoms with Gasteiger partial charge in [-0.3, -0.25) is 0 Å². The van der Waals surface area contributed by atoms with Crippen LogP contribution in [0.2, 0.25) is 0 Å². The van der Waals surface area contributed by atoms with Crippen molar-refractivity contribution in [3.63, 3.8) is 0 Å². The third-order valence-corrected chi connectivity index (χ3v) is 2.65. The molecule has 1 N–H and O–H groups in total. The normalized spacial score (nSPS) is 15.9. The van der Waals surface area contributed by atoms with E-state index in [0.29, 0.717) is 6.04 Å². The van der Waals surface area contributed by atoms with Crippen molar-refractivity contribution in [3.05, 3.63) is 0 Å². The molecule has 0 fully saturated rings. The monoisotopic (exact) mass is 200 g/mol. The SMILES string of the molecule is CCCNC(C)CN(C)CC(C)CC. The minimum absolute atomic E-state index is 0.615. The molecule has 0 aromatic rings. The molecular formula is C12H28N2. The van der Waals surface area contributed by atoms with Gasteiger partial charge in [0, 0.05) is 19.1 Å². The Balaban J connectivity index is 3.54. The molecule has 0 aliphatic rings. The Morgan fingerprint density at radius 1 is 1.14 bits per heavy atom. The minimum atomic E-state index is 0.615. The molecule has 0 bridgehead atoms. The van der Waals surface area contributed by atoms with Crippen molar-refractivity contribution in [2.75, 3.05) is 26.7 Å². The first-order valence-electron chi connectivity index (χ1n) is 6.02. The van der Waals surface area contributed by atoms with E-state index in [0.717, 1.165) is 19.0 Å². The second-order valence-corrected chi connectivity index (χ2v) is 4.59. The summed E-state index contributed by atoms with van der Waals surface area (Å²) in [6, 6.07) is 0.615. The maximum Gasteiger partial charge on any atom is 0.0166 e. The highest BCUT2D eigenvalue weighted by atomic mass is 15.1. The number of nitrogens with zero attached hydrogens (tertiary/aromatic N) is 1. The van der Waals surface area contributed by atoms with Crippen molar-refractivity contribution in [1.29, 1.82) is 0 Å². The van der Waals surface area contributed by atoms with E-state index in [-0.39, 0.29) is 0 Å². The van der Waals surface area contributed by atoms with Gasteiger partial charge >= 0.3 is 0 Å². The van der Waals surface area contributed by atoms with E-state index < -0.39 is 0 Å². The fourth-order valence-electron chi connectivity index (χ4n) is 1.66. The van der Waals surface area contributed by atoms with E-state index in [4.69, 9.17) is 0 Å². The Bertz CT molecular complexity index is 125.